The second kappa shape index (κ2) is 10.5. The van der Waals surface area contributed by atoms with Crippen LogP contribution in [0.15, 0.2) is 17.3 Å². The van der Waals surface area contributed by atoms with Gasteiger partial charge in [0.1, 0.15) is 5.82 Å². The predicted molar refractivity (Wildman–Crippen MR) is 109 cm³/mol. The van der Waals surface area contributed by atoms with Gasteiger partial charge in [-0.3, -0.25) is 9.59 Å². The van der Waals surface area contributed by atoms with Gasteiger partial charge in [0.05, 0.1) is 11.4 Å². The van der Waals surface area contributed by atoms with E-state index in [1.165, 1.54) is 18.3 Å². The van der Waals surface area contributed by atoms with Gasteiger partial charge >= 0.3 is 0 Å². The van der Waals surface area contributed by atoms with Gasteiger partial charge < -0.3 is 15.2 Å². The van der Waals surface area contributed by atoms with E-state index in [1.807, 2.05) is 12.3 Å². The third kappa shape index (κ3) is 6.66. The predicted octanol–water partition coefficient (Wildman–Crippen LogP) is 2.72. The SMILES string of the molecule is CSc1nnc(CCCNC(=O)c2ccc(CNC(C)=O)s2)n1CC(C)C. The summed E-state index contributed by atoms with van der Waals surface area (Å²) in [5.74, 6) is 1.33. The monoisotopic (exact) mass is 409 g/mol. The summed E-state index contributed by atoms with van der Waals surface area (Å²) in [7, 11) is 0. The molecule has 0 aliphatic heterocycles. The van der Waals surface area contributed by atoms with E-state index < -0.39 is 0 Å². The van der Waals surface area contributed by atoms with Crippen molar-refractivity contribution in [1.82, 2.24) is 25.4 Å². The topological polar surface area (TPSA) is 88.9 Å². The Morgan fingerprint density at radius 3 is 2.70 bits per heavy atom. The van der Waals surface area contributed by atoms with E-state index in [4.69, 9.17) is 0 Å². The highest BCUT2D eigenvalue weighted by Gasteiger charge is 2.13. The number of thiophene rings is 1. The first-order valence-corrected chi connectivity index (χ1v) is 11.0. The van der Waals surface area contributed by atoms with E-state index in [0.717, 1.165) is 35.2 Å². The molecule has 2 N–H and O–H groups in total. The van der Waals surface area contributed by atoms with Crippen molar-refractivity contribution in [2.45, 2.75) is 51.9 Å². The number of hydrogen-bond donors (Lipinski definition) is 2. The van der Waals surface area contributed by atoms with Crippen LogP contribution >= 0.6 is 23.1 Å². The fraction of sp³-hybridized carbons (Fsp3) is 0.556. The van der Waals surface area contributed by atoms with Crippen LogP contribution in [0.5, 0.6) is 0 Å². The van der Waals surface area contributed by atoms with Crippen molar-refractivity contribution in [2.75, 3.05) is 12.8 Å². The molecule has 0 saturated carbocycles. The van der Waals surface area contributed by atoms with Crippen LogP contribution in [0.2, 0.25) is 0 Å². The summed E-state index contributed by atoms with van der Waals surface area (Å²) in [6.07, 6.45) is 3.59. The van der Waals surface area contributed by atoms with Gasteiger partial charge in [0.2, 0.25) is 5.91 Å². The largest absolute Gasteiger partial charge is 0.351 e. The molecule has 0 aliphatic rings. The molecule has 0 unspecified atom stereocenters. The average molecular weight is 410 g/mol. The van der Waals surface area contributed by atoms with Gasteiger partial charge in [-0.2, -0.15) is 0 Å². The van der Waals surface area contributed by atoms with Crippen LogP contribution < -0.4 is 10.6 Å². The first kappa shape index (κ1) is 21.4. The van der Waals surface area contributed by atoms with E-state index >= 15 is 0 Å². The molecule has 2 heterocycles. The first-order valence-electron chi connectivity index (χ1n) is 8.98. The number of nitrogens with zero attached hydrogens (tertiary/aromatic N) is 3. The molecule has 0 fully saturated rings. The number of aromatic nitrogens is 3. The highest BCUT2D eigenvalue weighted by molar-refractivity contribution is 7.98. The maximum Gasteiger partial charge on any atom is 0.261 e. The van der Waals surface area contributed by atoms with Crippen molar-refractivity contribution in [3.05, 3.63) is 27.7 Å². The minimum Gasteiger partial charge on any atom is -0.351 e. The summed E-state index contributed by atoms with van der Waals surface area (Å²) in [5, 5.41) is 15.2. The summed E-state index contributed by atoms with van der Waals surface area (Å²) in [6, 6.07) is 3.66. The highest BCUT2D eigenvalue weighted by Crippen LogP contribution is 2.17. The van der Waals surface area contributed by atoms with Crippen LogP contribution in [-0.4, -0.2) is 39.4 Å². The van der Waals surface area contributed by atoms with Gasteiger partial charge in [0.25, 0.3) is 5.91 Å². The second-order valence-corrected chi connectivity index (χ2v) is 8.58. The summed E-state index contributed by atoms with van der Waals surface area (Å²) in [5.41, 5.74) is 0. The lowest BCUT2D eigenvalue weighted by molar-refractivity contribution is -0.119. The van der Waals surface area contributed by atoms with Gasteiger partial charge in [0.15, 0.2) is 5.16 Å². The molecule has 2 rings (SSSR count). The molecule has 0 atom stereocenters. The molecule has 0 aromatic carbocycles. The zero-order valence-electron chi connectivity index (χ0n) is 16.2. The molecule has 2 aromatic heterocycles. The van der Waals surface area contributed by atoms with Crippen molar-refractivity contribution in [2.24, 2.45) is 5.92 Å². The van der Waals surface area contributed by atoms with Crippen LogP contribution in [0.25, 0.3) is 0 Å². The summed E-state index contributed by atoms with van der Waals surface area (Å²) >= 11 is 3.00. The normalized spacial score (nSPS) is 11.0. The lowest BCUT2D eigenvalue weighted by Gasteiger charge is -2.11. The van der Waals surface area contributed by atoms with Gasteiger partial charge in [-0.05, 0) is 30.7 Å². The standard InChI is InChI=1S/C18H27N5O2S2/c1-12(2)11-23-16(21-22-18(23)26-4)6-5-9-19-17(25)15-8-7-14(27-15)10-20-13(3)24/h7-8,12H,5-6,9-11H2,1-4H3,(H,19,25)(H,20,24). The number of aryl methyl sites for hydroxylation is 1. The van der Waals surface area contributed by atoms with Crippen molar-refractivity contribution < 1.29 is 9.59 Å². The maximum absolute atomic E-state index is 12.2. The molecule has 7 nitrogen and oxygen atoms in total. The second-order valence-electron chi connectivity index (χ2n) is 6.64. The Morgan fingerprint density at radius 2 is 2.04 bits per heavy atom. The Kier molecular flexibility index (Phi) is 8.30. The Morgan fingerprint density at radius 1 is 1.26 bits per heavy atom. The highest BCUT2D eigenvalue weighted by atomic mass is 32.2. The van der Waals surface area contributed by atoms with Crippen LogP contribution in [0.3, 0.4) is 0 Å². The van der Waals surface area contributed by atoms with E-state index in [-0.39, 0.29) is 11.8 Å². The minimum absolute atomic E-state index is 0.0793. The van der Waals surface area contributed by atoms with Gasteiger partial charge in [-0.15, -0.1) is 21.5 Å². The molecule has 0 radical (unpaired) electrons. The van der Waals surface area contributed by atoms with Crippen LogP contribution in [0.1, 0.15) is 47.6 Å². The fourth-order valence-electron chi connectivity index (χ4n) is 2.55. The number of rotatable bonds is 10. The Balaban J connectivity index is 1.80. The summed E-state index contributed by atoms with van der Waals surface area (Å²) in [4.78, 5) is 24.8. The van der Waals surface area contributed by atoms with Crippen LogP contribution in [-0.2, 0) is 24.3 Å². The molecule has 0 aliphatic carbocycles. The zero-order valence-corrected chi connectivity index (χ0v) is 17.9. The third-order valence-electron chi connectivity index (χ3n) is 3.78. The number of carbonyl (C=O) groups is 2. The minimum atomic E-state index is -0.0810. The zero-order chi connectivity index (χ0) is 19.8. The number of amides is 2. The van der Waals surface area contributed by atoms with Crippen molar-refractivity contribution in [3.8, 4) is 0 Å². The number of hydrogen-bond acceptors (Lipinski definition) is 6. The lowest BCUT2D eigenvalue weighted by Crippen LogP contribution is -2.24. The van der Waals surface area contributed by atoms with Crippen LogP contribution in [0, 0.1) is 5.92 Å². The van der Waals surface area contributed by atoms with Gasteiger partial charge in [-0.1, -0.05) is 25.6 Å². The molecule has 2 aromatic rings. The Hall–Kier alpha value is -1.87. The Labute approximate surface area is 168 Å². The van der Waals surface area contributed by atoms with E-state index in [2.05, 4.69) is 39.2 Å². The third-order valence-corrected chi connectivity index (χ3v) is 5.53. The molecule has 2 amide bonds. The van der Waals surface area contributed by atoms with E-state index in [0.29, 0.717) is 23.9 Å². The first-order chi connectivity index (χ1) is 12.9. The number of thioether (sulfide) groups is 1. The summed E-state index contributed by atoms with van der Waals surface area (Å²) in [6.45, 7) is 7.77. The van der Waals surface area contributed by atoms with E-state index in [9.17, 15) is 9.59 Å². The molecule has 27 heavy (non-hydrogen) atoms. The lowest BCUT2D eigenvalue weighted by atomic mass is 10.2. The number of nitrogens with one attached hydrogen (secondary N) is 2. The molecule has 0 spiro atoms. The molecule has 0 saturated heterocycles. The smallest absolute Gasteiger partial charge is 0.261 e. The maximum atomic E-state index is 12.2. The number of carbonyl (C=O) groups excluding carboxylic acids is 2. The molecule has 0 bridgehead atoms. The molecule has 148 valence electrons. The average Bonchev–Trinajstić information content (AvgIpc) is 3.23. The molecule has 9 heteroatoms. The quantitative estimate of drug-likeness (QED) is 0.465. The summed E-state index contributed by atoms with van der Waals surface area (Å²) < 4.78 is 2.17. The molecular formula is C18H27N5O2S2. The Bertz CT molecular complexity index is 770. The van der Waals surface area contributed by atoms with Gasteiger partial charge in [-0.25, -0.2) is 0 Å². The van der Waals surface area contributed by atoms with Gasteiger partial charge in [0, 0.05) is 31.3 Å². The fourth-order valence-corrected chi connectivity index (χ4v) is 3.93. The van der Waals surface area contributed by atoms with Crippen molar-refractivity contribution in [3.63, 3.8) is 0 Å². The van der Waals surface area contributed by atoms with Crippen molar-refractivity contribution >= 4 is 34.9 Å². The molecular weight excluding hydrogens is 382 g/mol. The van der Waals surface area contributed by atoms with Crippen LogP contribution in [0.4, 0.5) is 0 Å². The van der Waals surface area contributed by atoms with Crippen molar-refractivity contribution in [1.29, 1.82) is 0 Å². The van der Waals surface area contributed by atoms with E-state index in [1.54, 1.807) is 17.8 Å².